The topological polar surface area (TPSA) is 211 Å². The van der Waals surface area contributed by atoms with E-state index in [0.717, 1.165) is 34.6 Å². The summed E-state index contributed by atoms with van der Waals surface area (Å²) >= 11 is 6.17. The number of aryl methyl sites for hydroxylation is 1. The van der Waals surface area contributed by atoms with Crippen LogP contribution in [0, 0.1) is 10.1 Å². The molecule has 0 aliphatic rings. The minimum atomic E-state index is -1.14. The number of hydrogen-bond acceptors (Lipinski definition) is 11. The second-order valence-corrected chi connectivity index (χ2v) is 10.8. The molecule has 1 heterocycles. The number of unbranched alkanes of at least 4 members (excludes halogenated alkanes) is 1. The van der Waals surface area contributed by atoms with E-state index in [0.29, 0.717) is 28.9 Å². The largest absolute Gasteiger partial charge is 0.510 e. The third kappa shape index (κ3) is 9.43. The molecule has 0 amide bonds. The van der Waals surface area contributed by atoms with Crippen molar-refractivity contribution in [2.75, 3.05) is 6.73 Å². The molecule has 0 spiro atoms. The molecule has 4 aromatic rings. The van der Waals surface area contributed by atoms with Crippen LogP contribution in [-0.4, -0.2) is 49.6 Å². The molecule has 15 nitrogen and oxygen atoms in total. The monoisotopic (exact) mass is 679 g/mol. The van der Waals surface area contributed by atoms with Gasteiger partial charge in [-0.3, -0.25) is 0 Å². The number of carboxylic acid groups (broad SMARTS) is 1. The number of nitrogens with zero attached hydrogens (tertiary/aromatic N) is 5. The molecule has 3 aromatic carbocycles. The number of carbonyl (C=O) groups is 2. The number of benzene rings is 3. The van der Waals surface area contributed by atoms with Crippen LogP contribution in [-0.2, 0) is 40.5 Å². The lowest BCUT2D eigenvalue weighted by atomic mass is 9.98. The standard InChI is InChI=1S/C32H34ClN7O8/c1-2-3-12-27-36-29(33)28(31(41)42)38(27)17-21-13-15-22(16-14-21)25-10-6-7-11-26(25)30(34)37-39(35)20-47-32(43)46-18-23-8-4-5-9-24(23)19-48-40(44)45/h4-11,13-16H,2-3,12,17-20,35H2,1H3,(H2,34,37)(H,41,42). The summed E-state index contributed by atoms with van der Waals surface area (Å²) < 4.78 is 11.7. The number of nitrogens with two attached hydrogens (primary N) is 2. The van der Waals surface area contributed by atoms with Gasteiger partial charge >= 0.3 is 12.1 Å². The molecule has 4 rings (SSSR count). The summed E-state index contributed by atoms with van der Waals surface area (Å²) in [5.41, 5.74) is 10.2. The van der Waals surface area contributed by atoms with Crippen molar-refractivity contribution in [2.24, 2.45) is 16.7 Å². The number of hydrazone groups is 1. The Kier molecular flexibility index (Phi) is 12.3. The highest BCUT2D eigenvalue weighted by atomic mass is 35.5. The van der Waals surface area contributed by atoms with Crippen LogP contribution in [0.15, 0.2) is 77.9 Å². The van der Waals surface area contributed by atoms with Gasteiger partial charge in [-0.05, 0) is 34.2 Å². The van der Waals surface area contributed by atoms with Crippen molar-refractivity contribution in [2.45, 2.75) is 45.9 Å². The minimum Gasteiger partial charge on any atom is -0.476 e. The lowest BCUT2D eigenvalue weighted by molar-refractivity contribution is -0.763. The van der Waals surface area contributed by atoms with Crippen LogP contribution in [0.5, 0.6) is 0 Å². The number of carboxylic acids is 1. The molecule has 16 heteroatoms. The maximum absolute atomic E-state index is 12.2. The zero-order valence-corrected chi connectivity index (χ0v) is 26.7. The number of hydrogen-bond donors (Lipinski definition) is 3. The zero-order chi connectivity index (χ0) is 34.6. The van der Waals surface area contributed by atoms with Gasteiger partial charge in [0.05, 0.1) is 0 Å². The van der Waals surface area contributed by atoms with Crippen molar-refractivity contribution in [3.63, 3.8) is 0 Å². The first kappa shape index (κ1) is 35.2. The number of hydrazine groups is 1. The Morgan fingerprint density at radius 1 is 1.04 bits per heavy atom. The highest BCUT2D eigenvalue weighted by molar-refractivity contribution is 6.32. The van der Waals surface area contributed by atoms with E-state index in [9.17, 15) is 24.8 Å². The number of imidazole rings is 1. The number of halogens is 1. The van der Waals surface area contributed by atoms with Crippen LogP contribution < -0.4 is 11.6 Å². The van der Waals surface area contributed by atoms with Crippen molar-refractivity contribution in [3.8, 4) is 11.1 Å². The number of aromatic nitrogens is 2. The number of amidine groups is 1. The molecule has 0 saturated carbocycles. The molecule has 5 N–H and O–H groups in total. The molecule has 0 radical (unpaired) electrons. The van der Waals surface area contributed by atoms with Gasteiger partial charge in [-0.25, -0.2) is 20.4 Å². The van der Waals surface area contributed by atoms with Crippen molar-refractivity contribution < 1.29 is 34.1 Å². The van der Waals surface area contributed by atoms with E-state index >= 15 is 0 Å². The van der Waals surface area contributed by atoms with Crippen LogP contribution >= 0.6 is 11.6 Å². The average Bonchev–Trinajstić information content (AvgIpc) is 3.39. The van der Waals surface area contributed by atoms with Crippen molar-refractivity contribution in [1.82, 2.24) is 14.7 Å². The van der Waals surface area contributed by atoms with Crippen LogP contribution in [0.25, 0.3) is 11.1 Å². The fourth-order valence-electron chi connectivity index (χ4n) is 4.78. The van der Waals surface area contributed by atoms with Gasteiger partial charge in [-0.15, -0.1) is 15.2 Å². The minimum absolute atomic E-state index is 0.0335. The highest BCUT2D eigenvalue weighted by Crippen LogP contribution is 2.26. The number of carbonyl (C=O) groups excluding carboxylic acids is 1. The first-order valence-corrected chi connectivity index (χ1v) is 15.1. The summed E-state index contributed by atoms with van der Waals surface area (Å²) in [6.07, 6.45) is 1.34. The summed E-state index contributed by atoms with van der Waals surface area (Å²) in [6, 6.07) is 21.4. The van der Waals surface area contributed by atoms with Crippen molar-refractivity contribution in [1.29, 1.82) is 0 Å². The predicted octanol–water partition coefficient (Wildman–Crippen LogP) is 5.11. The fraction of sp³-hybridized carbons (Fsp3) is 0.250. The van der Waals surface area contributed by atoms with Gasteiger partial charge in [0.25, 0.3) is 5.09 Å². The summed E-state index contributed by atoms with van der Waals surface area (Å²) in [5, 5.41) is 24.3. The third-order valence-corrected chi connectivity index (χ3v) is 7.37. The van der Waals surface area contributed by atoms with Crippen LogP contribution in [0.4, 0.5) is 4.79 Å². The Labute approximate surface area is 280 Å². The van der Waals surface area contributed by atoms with Crippen molar-refractivity contribution in [3.05, 3.63) is 122 Å². The van der Waals surface area contributed by atoms with Gasteiger partial charge in [0, 0.05) is 18.5 Å². The molecular weight excluding hydrogens is 646 g/mol. The average molecular weight is 680 g/mol. The van der Waals surface area contributed by atoms with E-state index < -0.39 is 23.9 Å². The fourth-order valence-corrected chi connectivity index (χ4v) is 5.06. The first-order chi connectivity index (χ1) is 23.1. The van der Waals surface area contributed by atoms with Gasteiger partial charge in [0.2, 0.25) is 0 Å². The van der Waals surface area contributed by atoms with Crippen LogP contribution in [0.1, 0.15) is 58.3 Å². The third-order valence-electron chi connectivity index (χ3n) is 7.11. The Bertz CT molecular complexity index is 1780. The molecule has 0 fully saturated rings. The molecule has 0 aliphatic heterocycles. The molecular formula is C32H34ClN7O8. The molecule has 0 saturated heterocycles. The van der Waals surface area contributed by atoms with Crippen LogP contribution in [0.2, 0.25) is 5.15 Å². The normalized spacial score (nSPS) is 11.2. The second-order valence-electron chi connectivity index (χ2n) is 10.4. The maximum Gasteiger partial charge on any atom is 0.510 e. The Morgan fingerprint density at radius 3 is 2.38 bits per heavy atom. The summed E-state index contributed by atoms with van der Waals surface area (Å²) in [7, 11) is 0. The van der Waals surface area contributed by atoms with Crippen molar-refractivity contribution >= 4 is 29.6 Å². The Hall–Kier alpha value is -5.67. The van der Waals surface area contributed by atoms with Gasteiger partial charge < -0.3 is 29.7 Å². The molecule has 252 valence electrons. The lowest BCUT2D eigenvalue weighted by Gasteiger charge is -2.16. The first-order valence-electron chi connectivity index (χ1n) is 14.7. The predicted molar refractivity (Wildman–Crippen MR) is 175 cm³/mol. The molecule has 48 heavy (non-hydrogen) atoms. The Balaban J connectivity index is 1.40. The van der Waals surface area contributed by atoms with Gasteiger partial charge in [-0.2, -0.15) is 5.12 Å². The van der Waals surface area contributed by atoms with Gasteiger partial charge in [-0.1, -0.05) is 97.7 Å². The van der Waals surface area contributed by atoms with Gasteiger partial charge in [0.1, 0.15) is 19.0 Å². The second kappa shape index (κ2) is 16.8. The van der Waals surface area contributed by atoms with E-state index in [1.165, 1.54) is 0 Å². The summed E-state index contributed by atoms with van der Waals surface area (Å²) in [5.74, 6) is 5.44. The molecule has 0 unspecified atom stereocenters. The summed E-state index contributed by atoms with van der Waals surface area (Å²) in [6.45, 7) is 1.32. The van der Waals surface area contributed by atoms with Crippen LogP contribution in [0.3, 0.4) is 0 Å². The van der Waals surface area contributed by atoms with E-state index in [-0.39, 0.29) is 36.4 Å². The van der Waals surface area contributed by atoms with E-state index in [1.54, 1.807) is 41.0 Å². The highest BCUT2D eigenvalue weighted by Gasteiger charge is 2.21. The summed E-state index contributed by atoms with van der Waals surface area (Å²) in [4.78, 5) is 43.3. The lowest BCUT2D eigenvalue weighted by Crippen LogP contribution is -2.33. The Morgan fingerprint density at radius 2 is 1.71 bits per heavy atom. The van der Waals surface area contributed by atoms with E-state index in [2.05, 4.69) is 14.9 Å². The molecule has 1 aromatic heterocycles. The molecule has 0 atom stereocenters. The number of ether oxygens (including phenoxy) is 2. The quantitative estimate of drug-likeness (QED) is 0.0268. The number of rotatable bonds is 16. The number of aromatic carboxylic acids is 1. The van der Waals surface area contributed by atoms with E-state index in [1.807, 2.05) is 43.3 Å². The molecule has 0 aliphatic carbocycles. The van der Waals surface area contributed by atoms with Gasteiger partial charge in [0.15, 0.2) is 23.4 Å². The maximum atomic E-state index is 12.2. The zero-order valence-electron chi connectivity index (χ0n) is 26.0. The van der Waals surface area contributed by atoms with E-state index in [4.69, 9.17) is 32.7 Å². The molecule has 0 bridgehead atoms. The SMILES string of the molecule is CCCCc1nc(Cl)c(C(=O)O)n1Cc1ccc(-c2ccccc2/C(N)=N/N(N)COC(=O)OCc2ccccc2CO[N+](=O)[O-])cc1. The smallest absolute Gasteiger partial charge is 0.476 e.